The van der Waals surface area contributed by atoms with Crippen LogP contribution in [-0.4, -0.2) is 37.3 Å². The first-order valence-corrected chi connectivity index (χ1v) is 7.71. The van der Waals surface area contributed by atoms with Gasteiger partial charge in [0, 0.05) is 20.2 Å². The molecule has 0 spiro atoms. The second kappa shape index (κ2) is 7.25. The lowest BCUT2D eigenvalue weighted by atomic mass is 10.1. The van der Waals surface area contributed by atoms with E-state index in [1.54, 1.807) is 0 Å². The summed E-state index contributed by atoms with van der Waals surface area (Å²) in [6.07, 6.45) is 2.40. The van der Waals surface area contributed by atoms with Gasteiger partial charge < -0.3 is 15.0 Å². The highest BCUT2D eigenvalue weighted by Gasteiger charge is 2.28. The summed E-state index contributed by atoms with van der Waals surface area (Å²) in [5, 5.41) is 4.07. The van der Waals surface area contributed by atoms with Crippen molar-refractivity contribution in [3.8, 4) is 0 Å². The van der Waals surface area contributed by atoms with E-state index in [4.69, 9.17) is 21.3 Å². The fraction of sp³-hybridized carbons (Fsp3) is 0.667. The Balaban J connectivity index is 2.09. The van der Waals surface area contributed by atoms with E-state index in [-0.39, 0.29) is 6.10 Å². The molecule has 1 saturated heterocycles. The van der Waals surface area contributed by atoms with E-state index in [1.807, 2.05) is 12.1 Å². The number of aromatic nitrogens is 1. The van der Waals surface area contributed by atoms with Crippen molar-refractivity contribution in [1.29, 1.82) is 0 Å². The molecule has 5 heteroatoms. The molecule has 2 rings (SSSR count). The van der Waals surface area contributed by atoms with Crippen LogP contribution in [0.4, 0.5) is 5.82 Å². The Morgan fingerprint density at radius 2 is 2.30 bits per heavy atom. The highest BCUT2D eigenvalue weighted by Crippen LogP contribution is 2.25. The molecule has 4 nitrogen and oxygen atoms in total. The number of likely N-dealkylation sites (N-methyl/N-ethyl adjacent to an activating group) is 1. The lowest BCUT2D eigenvalue weighted by Crippen LogP contribution is -2.37. The minimum Gasteiger partial charge on any atom is -0.376 e. The summed E-state index contributed by atoms with van der Waals surface area (Å²) in [5.41, 5.74) is 0.913. The highest BCUT2D eigenvalue weighted by molar-refractivity contribution is 6.31. The van der Waals surface area contributed by atoms with E-state index in [9.17, 15) is 0 Å². The van der Waals surface area contributed by atoms with E-state index in [2.05, 4.69) is 31.1 Å². The Kier molecular flexibility index (Phi) is 5.64. The van der Waals surface area contributed by atoms with Crippen molar-refractivity contribution in [3.63, 3.8) is 0 Å². The third kappa shape index (κ3) is 3.62. The maximum Gasteiger partial charge on any atom is 0.129 e. The predicted molar refractivity (Wildman–Crippen MR) is 83.5 cm³/mol. The van der Waals surface area contributed by atoms with Crippen molar-refractivity contribution >= 4 is 17.4 Å². The molecule has 0 saturated carbocycles. The van der Waals surface area contributed by atoms with Crippen LogP contribution in [0.1, 0.15) is 32.4 Å². The topological polar surface area (TPSA) is 37.4 Å². The zero-order valence-electron chi connectivity index (χ0n) is 12.5. The van der Waals surface area contributed by atoms with E-state index in [0.29, 0.717) is 12.6 Å². The molecule has 2 heterocycles. The monoisotopic (exact) mass is 297 g/mol. The van der Waals surface area contributed by atoms with E-state index < -0.39 is 0 Å². The summed E-state index contributed by atoms with van der Waals surface area (Å²) in [7, 11) is 2.08. The second-order valence-electron chi connectivity index (χ2n) is 5.32. The molecule has 0 aliphatic carbocycles. The first kappa shape index (κ1) is 15.5. The van der Waals surface area contributed by atoms with Crippen LogP contribution in [0.25, 0.3) is 0 Å². The van der Waals surface area contributed by atoms with Crippen LogP contribution in [0.15, 0.2) is 12.1 Å². The van der Waals surface area contributed by atoms with E-state index in [1.165, 1.54) is 0 Å². The molecule has 1 aromatic rings. The summed E-state index contributed by atoms with van der Waals surface area (Å²) in [5.74, 6) is 0.963. The Bertz CT molecular complexity index is 441. The lowest BCUT2D eigenvalue weighted by Gasteiger charge is -2.28. The molecule has 1 fully saturated rings. The SMILES string of the molecule is CCCNCc1nc(N(C)C2CCOC2C)ccc1Cl. The molecule has 0 amide bonds. The zero-order chi connectivity index (χ0) is 14.5. The first-order valence-electron chi connectivity index (χ1n) is 7.34. The summed E-state index contributed by atoms with van der Waals surface area (Å²) < 4.78 is 5.63. The Morgan fingerprint density at radius 3 is 2.95 bits per heavy atom. The average molecular weight is 298 g/mol. The van der Waals surface area contributed by atoms with Gasteiger partial charge >= 0.3 is 0 Å². The molecule has 0 bridgehead atoms. The van der Waals surface area contributed by atoms with Gasteiger partial charge in [-0.05, 0) is 38.4 Å². The van der Waals surface area contributed by atoms with Crippen LogP contribution in [0.2, 0.25) is 5.02 Å². The van der Waals surface area contributed by atoms with Crippen LogP contribution in [-0.2, 0) is 11.3 Å². The van der Waals surface area contributed by atoms with Crippen molar-refractivity contribution in [2.45, 2.75) is 45.4 Å². The van der Waals surface area contributed by atoms with Gasteiger partial charge in [-0.1, -0.05) is 18.5 Å². The average Bonchev–Trinajstić information content (AvgIpc) is 2.86. The fourth-order valence-corrected chi connectivity index (χ4v) is 2.75. The summed E-state index contributed by atoms with van der Waals surface area (Å²) in [6, 6.07) is 4.31. The summed E-state index contributed by atoms with van der Waals surface area (Å²) >= 11 is 6.22. The van der Waals surface area contributed by atoms with E-state index >= 15 is 0 Å². The number of ether oxygens (including phenoxy) is 1. The molecule has 1 aliphatic rings. The number of hydrogen-bond donors (Lipinski definition) is 1. The molecule has 112 valence electrons. The van der Waals surface area contributed by atoms with Crippen LogP contribution in [0, 0.1) is 0 Å². The van der Waals surface area contributed by atoms with Gasteiger partial charge in [-0.15, -0.1) is 0 Å². The molecule has 1 N–H and O–H groups in total. The smallest absolute Gasteiger partial charge is 0.129 e. The normalized spacial score (nSPS) is 22.2. The number of rotatable bonds is 6. The lowest BCUT2D eigenvalue weighted by molar-refractivity contribution is 0.118. The minimum atomic E-state index is 0.249. The number of hydrogen-bond acceptors (Lipinski definition) is 4. The van der Waals surface area contributed by atoms with Gasteiger partial charge in [-0.2, -0.15) is 0 Å². The molecule has 2 atom stereocenters. The van der Waals surface area contributed by atoms with Gasteiger partial charge in [0.15, 0.2) is 0 Å². The van der Waals surface area contributed by atoms with Gasteiger partial charge in [0.05, 0.1) is 22.9 Å². The molecular weight excluding hydrogens is 274 g/mol. The molecule has 1 aromatic heterocycles. The minimum absolute atomic E-state index is 0.249. The molecule has 20 heavy (non-hydrogen) atoms. The number of anilines is 1. The number of nitrogens with one attached hydrogen (secondary N) is 1. The summed E-state index contributed by atoms with van der Waals surface area (Å²) in [6.45, 7) is 6.78. The van der Waals surface area contributed by atoms with Crippen LogP contribution >= 0.6 is 11.6 Å². The van der Waals surface area contributed by atoms with Gasteiger partial charge in [0.25, 0.3) is 0 Å². The third-order valence-corrected chi connectivity index (χ3v) is 4.16. The van der Waals surface area contributed by atoms with Crippen molar-refractivity contribution in [2.75, 3.05) is 25.1 Å². The Morgan fingerprint density at radius 1 is 1.50 bits per heavy atom. The van der Waals surface area contributed by atoms with Gasteiger partial charge in [0.1, 0.15) is 5.82 Å². The quantitative estimate of drug-likeness (QED) is 0.819. The van der Waals surface area contributed by atoms with Gasteiger partial charge in [-0.25, -0.2) is 4.98 Å². The Labute approximate surface area is 126 Å². The number of halogens is 1. The zero-order valence-corrected chi connectivity index (χ0v) is 13.3. The molecule has 2 unspecified atom stereocenters. The van der Waals surface area contributed by atoms with Crippen LogP contribution < -0.4 is 10.2 Å². The largest absolute Gasteiger partial charge is 0.376 e. The summed E-state index contributed by atoms with van der Waals surface area (Å²) in [4.78, 5) is 6.90. The van der Waals surface area contributed by atoms with Crippen molar-refractivity contribution in [2.24, 2.45) is 0 Å². The fourth-order valence-electron chi connectivity index (χ4n) is 2.58. The molecular formula is C15H24ClN3O. The number of nitrogens with zero attached hydrogens (tertiary/aromatic N) is 2. The standard InChI is InChI=1S/C15H24ClN3O/c1-4-8-17-10-13-12(16)5-6-15(18-13)19(3)14-7-9-20-11(14)2/h5-6,11,14,17H,4,7-10H2,1-3H3. The predicted octanol–water partition coefficient (Wildman–Crippen LogP) is 2.85. The first-order chi connectivity index (χ1) is 9.63. The molecule has 0 aromatic carbocycles. The van der Waals surface area contributed by atoms with E-state index in [0.717, 1.165) is 42.5 Å². The number of pyridine rings is 1. The van der Waals surface area contributed by atoms with Crippen LogP contribution in [0.3, 0.4) is 0 Å². The second-order valence-corrected chi connectivity index (χ2v) is 5.72. The van der Waals surface area contributed by atoms with Crippen molar-refractivity contribution in [3.05, 3.63) is 22.8 Å². The maximum absolute atomic E-state index is 6.22. The van der Waals surface area contributed by atoms with Crippen molar-refractivity contribution < 1.29 is 4.74 Å². The van der Waals surface area contributed by atoms with Gasteiger partial charge in [0.2, 0.25) is 0 Å². The molecule has 1 aliphatic heterocycles. The van der Waals surface area contributed by atoms with Crippen molar-refractivity contribution in [1.82, 2.24) is 10.3 Å². The Hall–Kier alpha value is -0.840. The maximum atomic E-state index is 6.22. The van der Waals surface area contributed by atoms with Gasteiger partial charge in [-0.3, -0.25) is 0 Å². The highest BCUT2D eigenvalue weighted by atomic mass is 35.5. The molecule has 0 radical (unpaired) electrons. The third-order valence-electron chi connectivity index (χ3n) is 3.82. The van der Waals surface area contributed by atoms with Crippen LogP contribution in [0.5, 0.6) is 0 Å².